The van der Waals surface area contributed by atoms with E-state index in [0.29, 0.717) is 13.0 Å². The van der Waals surface area contributed by atoms with Gasteiger partial charge < -0.3 is 10.1 Å². The van der Waals surface area contributed by atoms with Crippen LogP contribution in [-0.4, -0.2) is 43.7 Å². The van der Waals surface area contributed by atoms with Crippen LogP contribution < -0.4 is 5.32 Å². The second-order valence-electron chi connectivity index (χ2n) is 6.42. The molecule has 26 heavy (non-hydrogen) atoms. The van der Waals surface area contributed by atoms with Crippen LogP contribution in [0.1, 0.15) is 29.3 Å². The number of benzene rings is 1. The first-order chi connectivity index (χ1) is 12.7. The van der Waals surface area contributed by atoms with Crippen LogP contribution in [0.5, 0.6) is 0 Å². The number of nitrogens with zero attached hydrogens (tertiary/aromatic N) is 1. The maximum atomic E-state index is 12.3. The van der Waals surface area contributed by atoms with Gasteiger partial charge >= 0.3 is 0 Å². The van der Waals surface area contributed by atoms with Crippen molar-refractivity contribution in [3.8, 4) is 0 Å². The standard InChI is InChI=1S/C20H25ClN2O2S/c21-18-8-2-1-7-17(18)19(23-10-12-25-13-11-23)15-22-20(24)9-3-5-16-6-4-14-26-16/h1-2,4,6-8,14,19H,3,5,9-13,15H2,(H,22,24). The zero-order chi connectivity index (χ0) is 18.2. The monoisotopic (exact) mass is 392 g/mol. The van der Waals surface area contributed by atoms with E-state index >= 15 is 0 Å². The lowest BCUT2D eigenvalue weighted by molar-refractivity contribution is -0.121. The smallest absolute Gasteiger partial charge is 0.220 e. The molecule has 1 aliphatic rings. The van der Waals surface area contributed by atoms with E-state index in [4.69, 9.17) is 16.3 Å². The van der Waals surface area contributed by atoms with Crippen molar-refractivity contribution < 1.29 is 9.53 Å². The summed E-state index contributed by atoms with van der Waals surface area (Å²) >= 11 is 8.17. The fourth-order valence-electron chi connectivity index (χ4n) is 3.25. The predicted octanol–water partition coefficient (Wildman–Crippen LogP) is 3.91. The molecule has 2 aromatic rings. The molecule has 3 rings (SSSR count). The number of halogens is 1. The first-order valence-corrected chi connectivity index (χ1v) is 10.3. The number of hydrogen-bond donors (Lipinski definition) is 1. The van der Waals surface area contributed by atoms with Gasteiger partial charge in [0.1, 0.15) is 0 Å². The van der Waals surface area contributed by atoms with Crippen LogP contribution >= 0.6 is 22.9 Å². The van der Waals surface area contributed by atoms with Crippen LogP contribution in [-0.2, 0) is 16.0 Å². The summed E-state index contributed by atoms with van der Waals surface area (Å²) in [6.07, 6.45) is 2.39. The molecule has 1 aliphatic heterocycles. The number of morpholine rings is 1. The Labute approximate surface area is 164 Å². The second kappa shape index (κ2) is 10.1. The first kappa shape index (κ1) is 19.4. The molecular weight excluding hydrogens is 368 g/mol. The van der Waals surface area contributed by atoms with Crippen LogP contribution in [0.2, 0.25) is 5.02 Å². The summed E-state index contributed by atoms with van der Waals surface area (Å²) in [5.41, 5.74) is 1.06. The number of aryl methyl sites for hydroxylation is 1. The van der Waals surface area contributed by atoms with Gasteiger partial charge in [0.15, 0.2) is 0 Å². The van der Waals surface area contributed by atoms with Gasteiger partial charge in [0.2, 0.25) is 5.91 Å². The van der Waals surface area contributed by atoms with Crippen LogP contribution in [0.15, 0.2) is 41.8 Å². The van der Waals surface area contributed by atoms with Gasteiger partial charge in [-0.1, -0.05) is 35.9 Å². The number of thiophene rings is 1. The van der Waals surface area contributed by atoms with E-state index < -0.39 is 0 Å². The summed E-state index contributed by atoms with van der Waals surface area (Å²) in [7, 11) is 0. The number of ether oxygens (including phenoxy) is 1. The molecular formula is C20H25ClN2O2S. The molecule has 1 atom stereocenters. The van der Waals surface area contributed by atoms with E-state index in [-0.39, 0.29) is 11.9 Å². The Hall–Kier alpha value is -1.40. The van der Waals surface area contributed by atoms with Gasteiger partial charge in [-0.15, -0.1) is 11.3 Å². The van der Waals surface area contributed by atoms with Gasteiger partial charge in [-0.3, -0.25) is 9.69 Å². The lowest BCUT2D eigenvalue weighted by Crippen LogP contribution is -2.43. The number of amides is 1. The molecule has 0 spiro atoms. The van der Waals surface area contributed by atoms with Crippen LogP contribution in [0.3, 0.4) is 0 Å². The van der Waals surface area contributed by atoms with Crippen molar-refractivity contribution in [2.75, 3.05) is 32.8 Å². The van der Waals surface area contributed by atoms with Crippen molar-refractivity contribution in [2.45, 2.75) is 25.3 Å². The van der Waals surface area contributed by atoms with Crippen molar-refractivity contribution in [1.82, 2.24) is 10.2 Å². The van der Waals surface area contributed by atoms with E-state index in [0.717, 1.165) is 49.7 Å². The molecule has 0 bridgehead atoms. The summed E-state index contributed by atoms with van der Waals surface area (Å²) in [6.45, 7) is 3.71. The molecule has 1 N–H and O–H groups in total. The molecule has 0 saturated carbocycles. The molecule has 1 aromatic heterocycles. The van der Waals surface area contributed by atoms with Gasteiger partial charge in [-0.05, 0) is 35.9 Å². The van der Waals surface area contributed by atoms with E-state index in [9.17, 15) is 4.79 Å². The number of carbonyl (C=O) groups excluding carboxylic acids is 1. The van der Waals surface area contributed by atoms with Crippen LogP contribution in [0.25, 0.3) is 0 Å². The summed E-state index contributed by atoms with van der Waals surface area (Å²) in [4.78, 5) is 16.0. The average molecular weight is 393 g/mol. The van der Waals surface area contributed by atoms with Crippen molar-refractivity contribution in [2.24, 2.45) is 0 Å². The maximum Gasteiger partial charge on any atom is 0.220 e. The van der Waals surface area contributed by atoms with Gasteiger partial charge in [-0.2, -0.15) is 0 Å². The minimum atomic E-state index is 0.0776. The van der Waals surface area contributed by atoms with E-state index in [1.54, 1.807) is 11.3 Å². The molecule has 2 heterocycles. The minimum absolute atomic E-state index is 0.0776. The van der Waals surface area contributed by atoms with E-state index in [1.165, 1.54) is 4.88 Å². The minimum Gasteiger partial charge on any atom is -0.379 e. The Morgan fingerprint density at radius 2 is 2.04 bits per heavy atom. The van der Waals surface area contributed by atoms with Gasteiger partial charge in [0.05, 0.1) is 19.3 Å². The molecule has 0 radical (unpaired) electrons. The second-order valence-corrected chi connectivity index (χ2v) is 7.86. The van der Waals surface area contributed by atoms with Crippen molar-refractivity contribution in [3.63, 3.8) is 0 Å². The quantitative estimate of drug-likeness (QED) is 0.740. The van der Waals surface area contributed by atoms with Gasteiger partial charge in [0, 0.05) is 36.0 Å². The average Bonchev–Trinajstić information content (AvgIpc) is 3.18. The zero-order valence-corrected chi connectivity index (χ0v) is 16.4. The normalized spacial score (nSPS) is 16.3. The summed E-state index contributed by atoms with van der Waals surface area (Å²) in [5.74, 6) is 0.104. The molecule has 4 nitrogen and oxygen atoms in total. The third kappa shape index (κ3) is 5.55. The number of carbonyl (C=O) groups is 1. The highest BCUT2D eigenvalue weighted by Gasteiger charge is 2.24. The molecule has 1 aromatic carbocycles. The number of rotatable bonds is 8. The van der Waals surface area contributed by atoms with Gasteiger partial charge in [0.25, 0.3) is 0 Å². The highest BCUT2D eigenvalue weighted by atomic mass is 35.5. The van der Waals surface area contributed by atoms with Crippen LogP contribution in [0, 0.1) is 0 Å². The zero-order valence-electron chi connectivity index (χ0n) is 14.8. The molecule has 1 saturated heterocycles. The lowest BCUT2D eigenvalue weighted by Gasteiger charge is -2.35. The topological polar surface area (TPSA) is 41.6 Å². The molecule has 140 valence electrons. The highest BCUT2D eigenvalue weighted by Crippen LogP contribution is 2.27. The fraction of sp³-hybridized carbons (Fsp3) is 0.450. The lowest BCUT2D eigenvalue weighted by atomic mass is 10.0. The Balaban J connectivity index is 1.55. The van der Waals surface area contributed by atoms with E-state index in [1.807, 2.05) is 24.3 Å². The Kier molecular flexibility index (Phi) is 7.50. The third-order valence-electron chi connectivity index (χ3n) is 4.65. The number of hydrogen-bond acceptors (Lipinski definition) is 4. The molecule has 1 fully saturated rings. The molecule has 0 aliphatic carbocycles. The molecule has 1 unspecified atom stereocenters. The van der Waals surface area contributed by atoms with E-state index in [2.05, 4.69) is 27.7 Å². The van der Waals surface area contributed by atoms with Crippen molar-refractivity contribution in [3.05, 3.63) is 57.2 Å². The molecule has 1 amide bonds. The Morgan fingerprint density at radius 3 is 2.77 bits per heavy atom. The Bertz CT molecular complexity index is 687. The predicted molar refractivity (Wildman–Crippen MR) is 107 cm³/mol. The number of nitrogens with one attached hydrogen (secondary N) is 1. The molecule has 6 heteroatoms. The summed E-state index contributed by atoms with van der Waals surface area (Å²) < 4.78 is 5.47. The highest BCUT2D eigenvalue weighted by molar-refractivity contribution is 7.09. The summed E-state index contributed by atoms with van der Waals surface area (Å²) in [6, 6.07) is 12.1. The van der Waals surface area contributed by atoms with Gasteiger partial charge in [-0.25, -0.2) is 0 Å². The Morgan fingerprint density at radius 1 is 1.23 bits per heavy atom. The SMILES string of the molecule is O=C(CCCc1cccs1)NCC(c1ccccc1Cl)N1CCOCC1. The van der Waals surface area contributed by atoms with Crippen molar-refractivity contribution in [1.29, 1.82) is 0 Å². The van der Waals surface area contributed by atoms with Crippen LogP contribution in [0.4, 0.5) is 0 Å². The largest absolute Gasteiger partial charge is 0.379 e. The maximum absolute atomic E-state index is 12.3. The first-order valence-electron chi connectivity index (χ1n) is 9.09. The van der Waals surface area contributed by atoms with Crippen molar-refractivity contribution >= 4 is 28.8 Å². The summed E-state index contributed by atoms with van der Waals surface area (Å²) in [5, 5.41) is 5.93. The fourth-order valence-corrected chi connectivity index (χ4v) is 4.26. The third-order valence-corrected chi connectivity index (χ3v) is 5.93.